The SMILES string of the molecule is c1cc(-c2ccc(OC3CC3)cn2)n(CC2CC2)n1. The van der Waals surface area contributed by atoms with E-state index in [1.165, 1.54) is 25.7 Å². The van der Waals surface area contributed by atoms with Gasteiger partial charge in [0.2, 0.25) is 0 Å². The molecule has 2 aliphatic carbocycles. The summed E-state index contributed by atoms with van der Waals surface area (Å²) in [5.41, 5.74) is 2.08. The summed E-state index contributed by atoms with van der Waals surface area (Å²) in [5.74, 6) is 1.69. The molecular weight excluding hydrogens is 238 g/mol. The van der Waals surface area contributed by atoms with Gasteiger partial charge in [0.05, 0.1) is 23.7 Å². The van der Waals surface area contributed by atoms with Crippen molar-refractivity contribution in [2.45, 2.75) is 38.3 Å². The number of hydrogen-bond acceptors (Lipinski definition) is 3. The van der Waals surface area contributed by atoms with Gasteiger partial charge in [-0.15, -0.1) is 0 Å². The minimum atomic E-state index is 0.424. The molecule has 4 heteroatoms. The first-order valence-electron chi connectivity index (χ1n) is 7.03. The average Bonchev–Trinajstić information content (AvgIpc) is 3.33. The molecule has 2 aliphatic rings. The van der Waals surface area contributed by atoms with Gasteiger partial charge in [0.1, 0.15) is 5.75 Å². The highest BCUT2D eigenvalue weighted by molar-refractivity contribution is 5.54. The molecular formula is C15H17N3O. The second kappa shape index (κ2) is 4.37. The van der Waals surface area contributed by atoms with E-state index >= 15 is 0 Å². The van der Waals surface area contributed by atoms with Crippen molar-refractivity contribution in [2.24, 2.45) is 5.92 Å². The van der Waals surface area contributed by atoms with Crippen molar-refractivity contribution in [2.75, 3.05) is 0 Å². The van der Waals surface area contributed by atoms with Crippen molar-refractivity contribution in [3.05, 3.63) is 30.6 Å². The lowest BCUT2D eigenvalue weighted by molar-refractivity contribution is 0.302. The Morgan fingerprint density at radius 1 is 1.16 bits per heavy atom. The summed E-state index contributed by atoms with van der Waals surface area (Å²) in [4.78, 5) is 4.50. The van der Waals surface area contributed by atoms with Crippen molar-refractivity contribution in [3.8, 4) is 17.1 Å². The summed E-state index contributed by atoms with van der Waals surface area (Å²) in [6.07, 6.45) is 9.12. The van der Waals surface area contributed by atoms with Crippen LogP contribution in [0.4, 0.5) is 0 Å². The summed E-state index contributed by atoms with van der Waals surface area (Å²) < 4.78 is 7.79. The van der Waals surface area contributed by atoms with E-state index in [0.29, 0.717) is 6.10 Å². The van der Waals surface area contributed by atoms with Crippen molar-refractivity contribution in [1.29, 1.82) is 0 Å². The molecule has 0 aliphatic heterocycles. The van der Waals surface area contributed by atoms with E-state index < -0.39 is 0 Å². The molecule has 19 heavy (non-hydrogen) atoms. The zero-order chi connectivity index (χ0) is 12.7. The van der Waals surface area contributed by atoms with Gasteiger partial charge in [0.15, 0.2) is 0 Å². The van der Waals surface area contributed by atoms with Crippen LogP contribution < -0.4 is 4.74 Å². The van der Waals surface area contributed by atoms with E-state index in [9.17, 15) is 0 Å². The van der Waals surface area contributed by atoms with E-state index in [1.54, 1.807) is 0 Å². The third-order valence-electron chi connectivity index (χ3n) is 3.67. The van der Waals surface area contributed by atoms with E-state index in [-0.39, 0.29) is 0 Å². The molecule has 2 heterocycles. The van der Waals surface area contributed by atoms with Crippen LogP contribution in [-0.4, -0.2) is 20.9 Å². The first-order valence-corrected chi connectivity index (χ1v) is 7.03. The van der Waals surface area contributed by atoms with E-state index in [4.69, 9.17) is 4.74 Å². The Morgan fingerprint density at radius 3 is 2.74 bits per heavy atom. The lowest BCUT2D eigenvalue weighted by Crippen LogP contribution is -2.04. The van der Waals surface area contributed by atoms with Crippen LogP contribution in [0, 0.1) is 5.92 Å². The lowest BCUT2D eigenvalue weighted by Gasteiger charge is -2.07. The number of rotatable bonds is 5. The molecule has 2 saturated carbocycles. The molecule has 2 fully saturated rings. The minimum Gasteiger partial charge on any atom is -0.489 e. The summed E-state index contributed by atoms with van der Waals surface area (Å²) in [5, 5.41) is 4.40. The third-order valence-corrected chi connectivity index (χ3v) is 3.67. The second-order valence-electron chi connectivity index (χ2n) is 5.54. The molecule has 0 N–H and O–H groups in total. The Kier molecular flexibility index (Phi) is 2.53. The fourth-order valence-electron chi connectivity index (χ4n) is 2.22. The van der Waals surface area contributed by atoms with E-state index in [1.807, 2.05) is 30.6 Å². The molecule has 0 amide bonds. The van der Waals surface area contributed by atoms with Crippen LogP contribution in [0.25, 0.3) is 11.4 Å². The highest BCUT2D eigenvalue weighted by Crippen LogP contribution is 2.32. The monoisotopic (exact) mass is 255 g/mol. The van der Waals surface area contributed by atoms with Gasteiger partial charge in [-0.3, -0.25) is 9.67 Å². The van der Waals surface area contributed by atoms with Gasteiger partial charge >= 0.3 is 0 Å². The number of aromatic nitrogens is 3. The van der Waals surface area contributed by atoms with Gasteiger partial charge in [-0.05, 0) is 49.8 Å². The molecule has 0 aromatic carbocycles. The second-order valence-corrected chi connectivity index (χ2v) is 5.54. The maximum Gasteiger partial charge on any atom is 0.138 e. The van der Waals surface area contributed by atoms with Gasteiger partial charge < -0.3 is 4.74 Å². The van der Waals surface area contributed by atoms with Crippen molar-refractivity contribution in [3.63, 3.8) is 0 Å². The average molecular weight is 255 g/mol. The first kappa shape index (κ1) is 11.0. The molecule has 0 saturated heterocycles. The van der Waals surface area contributed by atoms with Crippen LogP contribution in [0.2, 0.25) is 0 Å². The van der Waals surface area contributed by atoms with Crippen LogP contribution in [0.1, 0.15) is 25.7 Å². The van der Waals surface area contributed by atoms with Gasteiger partial charge in [0, 0.05) is 12.7 Å². The fraction of sp³-hybridized carbons (Fsp3) is 0.467. The van der Waals surface area contributed by atoms with Crippen molar-refractivity contribution in [1.82, 2.24) is 14.8 Å². The maximum absolute atomic E-state index is 5.72. The fourth-order valence-corrected chi connectivity index (χ4v) is 2.22. The van der Waals surface area contributed by atoms with Crippen LogP contribution >= 0.6 is 0 Å². The van der Waals surface area contributed by atoms with E-state index in [2.05, 4.69) is 14.8 Å². The number of ether oxygens (including phenoxy) is 1. The largest absolute Gasteiger partial charge is 0.489 e. The van der Waals surface area contributed by atoms with Crippen LogP contribution in [-0.2, 0) is 6.54 Å². The summed E-state index contributed by atoms with van der Waals surface area (Å²) in [6, 6.07) is 6.07. The maximum atomic E-state index is 5.72. The number of nitrogens with zero attached hydrogens (tertiary/aromatic N) is 3. The van der Waals surface area contributed by atoms with Crippen LogP contribution in [0.15, 0.2) is 30.6 Å². The number of hydrogen-bond donors (Lipinski definition) is 0. The topological polar surface area (TPSA) is 39.9 Å². The lowest BCUT2D eigenvalue weighted by atomic mass is 10.2. The quantitative estimate of drug-likeness (QED) is 0.824. The summed E-state index contributed by atoms with van der Waals surface area (Å²) in [6.45, 7) is 1.02. The molecule has 0 bridgehead atoms. The van der Waals surface area contributed by atoms with Gasteiger partial charge in [-0.25, -0.2) is 0 Å². The molecule has 0 spiro atoms. The zero-order valence-corrected chi connectivity index (χ0v) is 10.8. The molecule has 0 atom stereocenters. The van der Waals surface area contributed by atoms with Crippen molar-refractivity contribution < 1.29 is 4.74 Å². The summed E-state index contributed by atoms with van der Waals surface area (Å²) >= 11 is 0. The van der Waals surface area contributed by atoms with Gasteiger partial charge in [-0.1, -0.05) is 0 Å². The number of pyridine rings is 1. The molecule has 0 radical (unpaired) electrons. The van der Waals surface area contributed by atoms with Gasteiger partial charge in [0.25, 0.3) is 0 Å². The van der Waals surface area contributed by atoms with Crippen LogP contribution in [0.5, 0.6) is 5.75 Å². The zero-order valence-electron chi connectivity index (χ0n) is 10.8. The Labute approximate surface area is 112 Å². The molecule has 2 aromatic heterocycles. The van der Waals surface area contributed by atoms with Crippen molar-refractivity contribution >= 4 is 0 Å². The van der Waals surface area contributed by atoms with E-state index in [0.717, 1.165) is 29.6 Å². The molecule has 4 rings (SSSR count). The normalized spacial score (nSPS) is 18.5. The predicted molar refractivity (Wildman–Crippen MR) is 71.8 cm³/mol. The molecule has 4 nitrogen and oxygen atoms in total. The Balaban J connectivity index is 1.55. The summed E-state index contributed by atoms with van der Waals surface area (Å²) in [7, 11) is 0. The standard InChI is InChI=1S/C15H17N3O/c1-2-11(1)10-18-15(7-8-17-18)14-6-5-13(9-16-14)19-12-3-4-12/h5-9,11-12H,1-4,10H2. The Bertz CT molecular complexity index is 567. The Hall–Kier alpha value is -1.84. The third kappa shape index (κ3) is 2.48. The molecule has 98 valence electrons. The predicted octanol–water partition coefficient (Wildman–Crippen LogP) is 2.90. The molecule has 2 aromatic rings. The first-order chi connectivity index (χ1) is 9.38. The Morgan fingerprint density at radius 2 is 2.05 bits per heavy atom. The molecule has 0 unspecified atom stereocenters. The highest BCUT2D eigenvalue weighted by atomic mass is 16.5. The minimum absolute atomic E-state index is 0.424. The van der Waals surface area contributed by atoms with Crippen LogP contribution in [0.3, 0.4) is 0 Å². The highest BCUT2D eigenvalue weighted by Gasteiger charge is 2.24. The van der Waals surface area contributed by atoms with Gasteiger partial charge in [-0.2, -0.15) is 5.10 Å². The smallest absolute Gasteiger partial charge is 0.138 e.